The Balaban J connectivity index is 4.46. The van der Waals surface area contributed by atoms with Gasteiger partial charge in [0.1, 0.15) is 13.2 Å². The number of phosphoric ester groups is 1. The largest absolute Gasteiger partial charge is 0.472 e. The van der Waals surface area contributed by atoms with E-state index in [0.717, 1.165) is 0 Å². The summed E-state index contributed by atoms with van der Waals surface area (Å²) in [5, 5.41) is 5.34. The molecule has 13 nitrogen and oxygen atoms in total. The van der Waals surface area contributed by atoms with Crippen LogP contribution in [-0.2, 0) is 37.5 Å². The van der Waals surface area contributed by atoms with E-state index in [2.05, 4.69) is 19.9 Å². The molecule has 0 radical (unpaired) electrons. The minimum Gasteiger partial charge on any atom is -0.462 e. The number of azide groups is 1. The van der Waals surface area contributed by atoms with E-state index in [4.69, 9.17) is 19.5 Å². The third kappa shape index (κ3) is 15.4. The number of amides is 1. The van der Waals surface area contributed by atoms with Crippen molar-refractivity contribution < 1.29 is 42.4 Å². The number of hydrogen-bond donors (Lipinski definition) is 2. The van der Waals surface area contributed by atoms with Crippen LogP contribution in [0.1, 0.15) is 39.5 Å². The smallest absolute Gasteiger partial charge is 0.462 e. The van der Waals surface area contributed by atoms with E-state index in [0.29, 0.717) is 12.8 Å². The maximum atomic E-state index is 11.9. The highest BCUT2D eigenvalue weighted by Gasteiger charge is 2.26. The van der Waals surface area contributed by atoms with Gasteiger partial charge in [0.05, 0.1) is 13.2 Å². The van der Waals surface area contributed by atoms with E-state index in [1.165, 1.54) is 0 Å². The summed E-state index contributed by atoms with van der Waals surface area (Å²) < 4.78 is 31.4. The minimum absolute atomic E-state index is 0.127. The van der Waals surface area contributed by atoms with Crippen LogP contribution in [0.15, 0.2) is 5.11 Å². The van der Waals surface area contributed by atoms with Crippen molar-refractivity contribution in [1.82, 2.24) is 5.32 Å². The Morgan fingerprint density at radius 2 is 1.79 bits per heavy atom. The van der Waals surface area contributed by atoms with Gasteiger partial charge in [0.25, 0.3) is 0 Å². The number of esters is 2. The molecule has 166 valence electrons. The molecule has 1 amide bonds. The molecule has 2 atom stereocenters. The topological polar surface area (TPSA) is 186 Å². The highest BCUT2D eigenvalue weighted by Crippen LogP contribution is 2.43. The molecule has 1 unspecified atom stereocenters. The first-order valence-electron chi connectivity index (χ1n) is 8.98. The number of ether oxygens (including phenoxy) is 2. The van der Waals surface area contributed by atoms with Crippen molar-refractivity contribution in [3.8, 4) is 0 Å². The van der Waals surface area contributed by atoms with E-state index in [-0.39, 0.29) is 32.6 Å². The van der Waals surface area contributed by atoms with Crippen LogP contribution in [0.5, 0.6) is 0 Å². The molecular weight excluding hydrogens is 411 g/mol. The highest BCUT2D eigenvalue weighted by atomic mass is 31.2. The van der Waals surface area contributed by atoms with Crippen LogP contribution in [0.25, 0.3) is 10.4 Å². The predicted octanol–water partition coefficient (Wildman–Crippen LogP) is 1.60. The molecule has 0 rings (SSSR count). The number of hydrogen-bond acceptors (Lipinski definition) is 9. The molecule has 29 heavy (non-hydrogen) atoms. The van der Waals surface area contributed by atoms with Crippen molar-refractivity contribution >= 4 is 25.7 Å². The number of carbonyl (C=O) groups is 3. The second-order valence-corrected chi connectivity index (χ2v) is 7.08. The third-order valence-electron chi connectivity index (χ3n) is 3.02. The molecule has 0 bridgehead atoms. The Morgan fingerprint density at radius 1 is 1.14 bits per heavy atom. The summed E-state index contributed by atoms with van der Waals surface area (Å²) in [6, 6.07) is 0. The fourth-order valence-electron chi connectivity index (χ4n) is 1.75. The van der Waals surface area contributed by atoms with Gasteiger partial charge in [-0.3, -0.25) is 23.4 Å². The number of nitrogens with zero attached hydrogens (tertiary/aromatic N) is 3. The first-order valence-corrected chi connectivity index (χ1v) is 10.5. The molecule has 0 fully saturated rings. The van der Waals surface area contributed by atoms with Gasteiger partial charge in [-0.2, -0.15) is 0 Å². The fraction of sp³-hybridized carbons (Fsp3) is 0.800. The van der Waals surface area contributed by atoms with Crippen molar-refractivity contribution in [2.75, 3.05) is 32.9 Å². The molecule has 0 aromatic carbocycles. The molecule has 14 heteroatoms. The number of rotatable bonds is 16. The van der Waals surface area contributed by atoms with Crippen LogP contribution < -0.4 is 5.32 Å². The first kappa shape index (κ1) is 26.8. The Labute approximate surface area is 168 Å². The Hall–Kier alpha value is -2.17. The van der Waals surface area contributed by atoms with Crippen molar-refractivity contribution in [3.05, 3.63) is 10.4 Å². The molecule has 0 heterocycles. The average molecular weight is 438 g/mol. The van der Waals surface area contributed by atoms with Crippen molar-refractivity contribution in [3.63, 3.8) is 0 Å². The van der Waals surface area contributed by atoms with Gasteiger partial charge >= 0.3 is 19.8 Å². The molecule has 0 aromatic heterocycles. The van der Waals surface area contributed by atoms with Crippen molar-refractivity contribution in [1.29, 1.82) is 0 Å². The molecule has 0 saturated heterocycles. The number of phosphoric acid groups is 1. The highest BCUT2D eigenvalue weighted by molar-refractivity contribution is 7.47. The van der Waals surface area contributed by atoms with Crippen LogP contribution >= 0.6 is 7.82 Å². The standard InChI is InChI=1S/C15H27N4O9P/c1-3-5-14(21)25-10-12(28-15(22)6-4-2)11-27-29(23,24)26-8-7-17-13(20)9-18-19-16/h12H,3-11H2,1-2H3,(H,17,20)(H,23,24)/t12-/m1/s1. The van der Waals surface area contributed by atoms with E-state index < -0.39 is 44.9 Å². The van der Waals surface area contributed by atoms with Crippen LogP contribution in [0.4, 0.5) is 0 Å². The Bertz CT molecular complexity index is 625. The summed E-state index contributed by atoms with van der Waals surface area (Å²) in [5.41, 5.74) is 8.09. The van der Waals surface area contributed by atoms with Crippen LogP contribution in [0.3, 0.4) is 0 Å². The fourth-order valence-corrected chi connectivity index (χ4v) is 2.50. The van der Waals surface area contributed by atoms with Crippen molar-refractivity contribution in [2.45, 2.75) is 45.6 Å². The molecule has 2 N–H and O–H groups in total. The maximum Gasteiger partial charge on any atom is 0.472 e. The van der Waals surface area contributed by atoms with Gasteiger partial charge in [-0.05, 0) is 18.4 Å². The zero-order chi connectivity index (χ0) is 22.1. The summed E-state index contributed by atoms with van der Waals surface area (Å²) in [6.07, 6.45) is 0.345. The third-order valence-corrected chi connectivity index (χ3v) is 4.00. The second-order valence-electron chi connectivity index (χ2n) is 5.63. The minimum atomic E-state index is -4.51. The van der Waals surface area contributed by atoms with Gasteiger partial charge in [0.15, 0.2) is 6.10 Å². The van der Waals surface area contributed by atoms with Crippen molar-refractivity contribution in [2.24, 2.45) is 5.11 Å². The lowest BCUT2D eigenvalue weighted by atomic mass is 10.3. The average Bonchev–Trinajstić information content (AvgIpc) is 2.66. The normalized spacial score (nSPS) is 13.5. The lowest BCUT2D eigenvalue weighted by Crippen LogP contribution is -2.30. The maximum absolute atomic E-state index is 11.9. The summed E-state index contributed by atoms with van der Waals surface area (Å²) in [5.74, 6) is -1.65. The van der Waals surface area contributed by atoms with Gasteiger partial charge in [-0.25, -0.2) is 4.57 Å². The van der Waals surface area contributed by atoms with Gasteiger partial charge < -0.3 is 19.7 Å². The van der Waals surface area contributed by atoms with Crippen LogP contribution in [0, 0.1) is 0 Å². The Kier molecular flexibility index (Phi) is 14.5. The molecule has 0 spiro atoms. The Morgan fingerprint density at radius 3 is 2.41 bits per heavy atom. The van der Waals surface area contributed by atoms with Gasteiger partial charge in [0.2, 0.25) is 5.91 Å². The van der Waals surface area contributed by atoms with Gasteiger partial charge in [0, 0.05) is 24.3 Å². The lowest BCUT2D eigenvalue weighted by Gasteiger charge is -2.19. The van der Waals surface area contributed by atoms with E-state index in [1.54, 1.807) is 13.8 Å². The molecule has 0 aliphatic rings. The quantitative estimate of drug-likeness (QED) is 0.0901. The molecule has 0 aromatic rings. The van der Waals surface area contributed by atoms with Gasteiger partial charge in [-0.1, -0.05) is 19.0 Å². The summed E-state index contributed by atoms with van der Waals surface area (Å²) in [7, 11) is -4.51. The lowest BCUT2D eigenvalue weighted by molar-refractivity contribution is -0.161. The molecular formula is C15H27N4O9P. The molecule has 0 aliphatic carbocycles. The van der Waals surface area contributed by atoms with Crippen LogP contribution in [-0.4, -0.2) is 61.8 Å². The van der Waals surface area contributed by atoms with E-state index >= 15 is 0 Å². The molecule has 0 saturated carbocycles. The SMILES string of the molecule is CCCC(=O)OC[C@H](COP(=O)(O)OCCNC(=O)CN=[N+]=[N-])OC(=O)CCC. The van der Waals surface area contributed by atoms with Crippen LogP contribution in [0.2, 0.25) is 0 Å². The summed E-state index contributed by atoms with van der Waals surface area (Å²) in [6.45, 7) is 1.80. The second kappa shape index (κ2) is 15.7. The summed E-state index contributed by atoms with van der Waals surface area (Å²) in [4.78, 5) is 46.4. The van der Waals surface area contributed by atoms with E-state index in [1.807, 2.05) is 0 Å². The zero-order valence-corrected chi connectivity index (χ0v) is 17.3. The monoisotopic (exact) mass is 438 g/mol. The van der Waals surface area contributed by atoms with Gasteiger partial charge in [-0.15, -0.1) is 0 Å². The number of carbonyl (C=O) groups excluding carboxylic acids is 3. The van der Waals surface area contributed by atoms with E-state index in [9.17, 15) is 23.8 Å². The molecule has 0 aliphatic heterocycles. The zero-order valence-electron chi connectivity index (χ0n) is 16.4. The number of nitrogens with one attached hydrogen (secondary N) is 1. The predicted molar refractivity (Wildman–Crippen MR) is 99.4 cm³/mol. The first-order chi connectivity index (χ1) is 13.7. The summed E-state index contributed by atoms with van der Waals surface area (Å²) >= 11 is 0.